The number of rotatable bonds is 3. The Kier molecular flexibility index (Phi) is 3.96. The number of nitrogens with zero attached hydrogens (tertiary/aromatic N) is 1. The highest BCUT2D eigenvalue weighted by Crippen LogP contribution is 2.19. The molecule has 2 rings (SSSR count). The zero-order chi connectivity index (χ0) is 14.8. The van der Waals surface area contributed by atoms with Crippen LogP contribution in [0.15, 0.2) is 68.2 Å². The number of nitrogens with one attached hydrogen (secondary N) is 1. The first kappa shape index (κ1) is 14.7. The smallest absolute Gasteiger partial charge is 0.265 e. The van der Waals surface area contributed by atoms with Crippen molar-refractivity contribution in [3.05, 3.63) is 60.2 Å². The molecular formula is C14H16N2O2S2. The summed E-state index contributed by atoms with van der Waals surface area (Å²) in [6, 6.07) is 15.3. The third-order valence-corrected chi connectivity index (χ3v) is 6.80. The standard InChI is InChI=1S/C14H16N2O2S2/c1-12-8-10-14(11-9-12)20(17,18)16-19(2,15)13-6-4-3-5-7-13/h3-11,15H,1-2H3. The van der Waals surface area contributed by atoms with E-state index in [4.69, 9.17) is 4.78 Å². The Morgan fingerprint density at radius 1 is 0.900 bits per heavy atom. The molecule has 0 aromatic heterocycles. The summed E-state index contributed by atoms with van der Waals surface area (Å²) < 4.78 is 36.6. The molecule has 106 valence electrons. The maximum atomic E-state index is 12.3. The van der Waals surface area contributed by atoms with Gasteiger partial charge in [0.1, 0.15) is 0 Å². The minimum Gasteiger partial charge on any atom is -0.265 e. The lowest BCUT2D eigenvalue weighted by atomic mass is 10.2. The first-order valence-corrected chi connectivity index (χ1v) is 9.39. The molecule has 1 N–H and O–H groups in total. The summed E-state index contributed by atoms with van der Waals surface area (Å²) in [6.45, 7) is 1.89. The lowest BCUT2D eigenvalue weighted by Crippen LogP contribution is -2.03. The van der Waals surface area contributed by atoms with Crippen LogP contribution in [-0.4, -0.2) is 14.7 Å². The number of benzene rings is 2. The van der Waals surface area contributed by atoms with Crippen LogP contribution in [0, 0.1) is 11.7 Å². The van der Waals surface area contributed by atoms with Gasteiger partial charge in [0.05, 0.1) is 4.90 Å². The first-order chi connectivity index (χ1) is 9.31. The molecule has 0 saturated heterocycles. The lowest BCUT2D eigenvalue weighted by molar-refractivity contribution is 0.598. The van der Waals surface area contributed by atoms with Gasteiger partial charge in [-0.3, -0.25) is 4.78 Å². The second kappa shape index (κ2) is 5.38. The summed E-state index contributed by atoms with van der Waals surface area (Å²) in [5.74, 6) is 0. The number of aryl methyl sites for hydroxylation is 1. The van der Waals surface area contributed by atoms with E-state index in [1.54, 1.807) is 42.7 Å². The molecule has 1 atom stereocenters. The van der Waals surface area contributed by atoms with E-state index in [1.165, 1.54) is 12.1 Å². The third-order valence-electron chi connectivity index (χ3n) is 2.77. The summed E-state index contributed by atoms with van der Waals surface area (Å²) >= 11 is 0. The van der Waals surface area contributed by atoms with E-state index in [2.05, 4.69) is 3.77 Å². The summed E-state index contributed by atoms with van der Waals surface area (Å²) in [7, 11) is -6.30. The Balaban J connectivity index is 2.53. The van der Waals surface area contributed by atoms with Gasteiger partial charge in [0.2, 0.25) is 0 Å². The molecule has 0 bridgehead atoms. The van der Waals surface area contributed by atoms with Crippen molar-refractivity contribution in [1.29, 1.82) is 4.78 Å². The largest absolute Gasteiger partial charge is 0.288 e. The zero-order valence-electron chi connectivity index (χ0n) is 11.3. The summed E-state index contributed by atoms with van der Waals surface area (Å²) in [6.07, 6.45) is 1.55. The quantitative estimate of drug-likeness (QED) is 0.943. The Labute approximate surface area is 120 Å². The van der Waals surface area contributed by atoms with Crippen LogP contribution in [0.5, 0.6) is 0 Å². The number of hydrogen-bond donors (Lipinski definition) is 1. The maximum absolute atomic E-state index is 12.3. The fourth-order valence-corrected chi connectivity index (χ4v) is 5.10. The molecule has 0 saturated carbocycles. The SMILES string of the molecule is Cc1ccc(S(=O)(=O)N=S(C)(=N)c2ccccc2)cc1. The Hall–Kier alpha value is -1.66. The van der Waals surface area contributed by atoms with Gasteiger partial charge in [0.15, 0.2) is 0 Å². The van der Waals surface area contributed by atoms with E-state index >= 15 is 0 Å². The zero-order valence-corrected chi connectivity index (χ0v) is 12.9. The van der Waals surface area contributed by atoms with Crippen molar-refractivity contribution in [1.82, 2.24) is 0 Å². The van der Waals surface area contributed by atoms with Crippen molar-refractivity contribution < 1.29 is 8.42 Å². The van der Waals surface area contributed by atoms with Crippen LogP contribution in [0.4, 0.5) is 0 Å². The molecule has 4 nitrogen and oxygen atoms in total. The Morgan fingerprint density at radius 3 is 2.00 bits per heavy atom. The van der Waals surface area contributed by atoms with Crippen molar-refractivity contribution in [3.8, 4) is 0 Å². The predicted octanol–water partition coefficient (Wildman–Crippen LogP) is 3.47. The molecule has 0 amide bonds. The molecule has 0 aliphatic carbocycles. The summed E-state index contributed by atoms with van der Waals surface area (Å²) in [5, 5.41) is 0. The average Bonchev–Trinajstić information content (AvgIpc) is 2.39. The molecule has 0 spiro atoms. The van der Waals surface area contributed by atoms with E-state index in [1.807, 2.05) is 13.0 Å². The van der Waals surface area contributed by atoms with Gasteiger partial charge in [-0.25, -0.2) is 0 Å². The van der Waals surface area contributed by atoms with Crippen LogP contribution in [-0.2, 0) is 19.6 Å². The van der Waals surface area contributed by atoms with E-state index in [-0.39, 0.29) is 4.90 Å². The molecule has 1 unspecified atom stereocenters. The molecule has 0 aliphatic heterocycles. The normalized spacial score (nSPS) is 14.5. The Morgan fingerprint density at radius 2 is 1.45 bits per heavy atom. The monoisotopic (exact) mass is 308 g/mol. The van der Waals surface area contributed by atoms with E-state index in [0.29, 0.717) is 4.90 Å². The number of hydrogen-bond acceptors (Lipinski definition) is 3. The summed E-state index contributed by atoms with van der Waals surface area (Å²) in [4.78, 5) is 0.751. The minimum atomic E-state index is -3.81. The van der Waals surface area contributed by atoms with E-state index in [9.17, 15) is 8.42 Å². The molecule has 0 aliphatic rings. The number of sulfonamides is 1. The van der Waals surface area contributed by atoms with Crippen LogP contribution in [0.2, 0.25) is 0 Å². The highest BCUT2D eigenvalue weighted by atomic mass is 32.3. The fourth-order valence-electron chi connectivity index (χ4n) is 1.68. The third kappa shape index (κ3) is 3.26. The lowest BCUT2D eigenvalue weighted by Gasteiger charge is -2.08. The molecule has 0 fully saturated rings. The second-order valence-corrected chi connectivity index (χ2v) is 8.79. The van der Waals surface area contributed by atoms with Gasteiger partial charge in [0, 0.05) is 11.2 Å². The second-order valence-electron chi connectivity index (χ2n) is 4.55. The predicted molar refractivity (Wildman–Crippen MR) is 81.5 cm³/mol. The van der Waals surface area contributed by atoms with Crippen molar-refractivity contribution in [2.75, 3.05) is 6.26 Å². The average molecular weight is 308 g/mol. The topological polar surface area (TPSA) is 70.3 Å². The van der Waals surface area contributed by atoms with Crippen LogP contribution in [0.3, 0.4) is 0 Å². The van der Waals surface area contributed by atoms with Gasteiger partial charge in [0.25, 0.3) is 10.0 Å². The van der Waals surface area contributed by atoms with E-state index < -0.39 is 19.6 Å². The van der Waals surface area contributed by atoms with Gasteiger partial charge in [-0.05, 0) is 40.8 Å². The van der Waals surface area contributed by atoms with Crippen LogP contribution < -0.4 is 0 Å². The molecule has 0 heterocycles. The fraction of sp³-hybridized carbons (Fsp3) is 0.143. The molecule has 2 aromatic carbocycles. The van der Waals surface area contributed by atoms with Crippen molar-refractivity contribution in [2.45, 2.75) is 16.7 Å². The van der Waals surface area contributed by atoms with Crippen LogP contribution >= 0.6 is 0 Å². The van der Waals surface area contributed by atoms with Gasteiger partial charge >= 0.3 is 0 Å². The van der Waals surface area contributed by atoms with Crippen molar-refractivity contribution in [3.63, 3.8) is 0 Å². The molecule has 2 aromatic rings. The van der Waals surface area contributed by atoms with Crippen LogP contribution in [0.25, 0.3) is 0 Å². The van der Waals surface area contributed by atoms with Gasteiger partial charge in [-0.15, -0.1) is 3.77 Å². The highest BCUT2D eigenvalue weighted by Gasteiger charge is 2.15. The van der Waals surface area contributed by atoms with Crippen LogP contribution in [0.1, 0.15) is 5.56 Å². The first-order valence-electron chi connectivity index (χ1n) is 5.95. The van der Waals surface area contributed by atoms with Crippen molar-refractivity contribution in [2.24, 2.45) is 3.77 Å². The van der Waals surface area contributed by atoms with Gasteiger partial charge < -0.3 is 0 Å². The maximum Gasteiger partial charge on any atom is 0.288 e. The summed E-state index contributed by atoms with van der Waals surface area (Å²) in [5.41, 5.74) is 0.980. The minimum absolute atomic E-state index is 0.130. The van der Waals surface area contributed by atoms with Crippen molar-refractivity contribution >= 4 is 19.6 Å². The van der Waals surface area contributed by atoms with E-state index in [0.717, 1.165) is 5.56 Å². The van der Waals surface area contributed by atoms with Gasteiger partial charge in [-0.2, -0.15) is 8.42 Å². The molecular weight excluding hydrogens is 292 g/mol. The molecule has 0 radical (unpaired) electrons. The Bertz CT molecular complexity index is 817. The molecule has 20 heavy (non-hydrogen) atoms. The molecule has 6 heteroatoms. The van der Waals surface area contributed by atoms with Gasteiger partial charge in [-0.1, -0.05) is 35.9 Å². The highest BCUT2D eigenvalue weighted by molar-refractivity contribution is 8.03.